The quantitative estimate of drug-likeness (QED) is 0.0743. The van der Waals surface area contributed by atoms with E-state index >= 15 is 0 Å². The Kier molecular flexibility index (Phi) is 16.9. The molecule has 18 rings (SSSR count). The van der Waals surface area contributed by atoms with E-state index in [4.69, 9.17) is 29.9 Å². The lowest BCUT2D eigenvalue weighted by molar-refractivity contribution is 0.126. The lowest BCUT2D eigenvalue weighted by Crippen LogP contribution is -2.49. The van der Waals surface area contributed by atoms with Gasteiger partial charge in [-0.05, 0) is 120 Å². The first kappa shape index (κ1) is 61.3. The number of H-pyrrole nitrogens is 3. The van der Waals surface area contributed by atoms with Gasteiger partial charge in [-0.25, -0.2) is 34.9 Å². The number of thiazole rings is 6. The van der Waals surface area contributed by atoms with Crippen molar-refractivity contribution in [2.75, 3.05) is 48.9 Å². The van der Waals surface area contributed by atoms with Gasteiger partial charge in [-0.15, -0.1) is 0 Å². The molecule has 6 saturated heterocycles. The monoisotopic (exact) mass is 1370 g/mol. The number of piperidine rings is 3. The van der Waals surface area contributed by atoms with E-state index in [0.717, 1.165) is 107 Å². The number of hydrogen-bond donors (Lipinski definition) is 4. The van der Waals surface area contributed by atoms with Crippen LogP contribution in [0.1, 0.15) is 97.3 Å². The summed E-state index contributed by atoms with van der Waals surface area (Å²) in [7, 11) is 6.54. The van der Waals surface area contributed by atoms with E-state index < -0.39 is 0 Å². The summed E-state index contributed by atoms with van der Waals surface area (Å²) in [4.78, 5) is 81.5. The maximum absolute atomic E-state index is 12.7. The Labute approximate surface area is 565 Å². The molecule has 9 atom stereocenters. The lowest BCUT2D eigenvalue weighted by Gasteiger charge is -2.42. The van der Waals surface area contributed by atoms with E-state index in [1.54, 1.807) is 129 Å². The van der Waals surface area contributed by atoms with Crippen LogP contribution in [0.2, 0.25) is 0 Å². The number of aromatic nitrogens is 16. The topological polar surface area (TPSA) is 261 Å². The molecule has 0 saturated carbocycles. The molecule has 0 aromatic carbocycles. The summed E-state index contributed by atoms with van der Waals surface area (Å²) in [5.41, 5.74) is 5.72. The first-order valence-corrected chi connectivity index (χ1v) is 37.4. The third-order valence-electron chi connectivity index (χ3n) is 20.0. The van der Waals surface area contributed by atoms with E-state index in [2.05, 4.69) is 105 Å². The van der Waals surface area contributed by atoms with Crippen molar-refractivity contribution in [3.63, 3.8) is 0 Å². The van der Waals surface area contributed by atoms with E-state index in [0.29, 0.717) is 52.6 Å². The largest absolute Gasteiger partial charge is 0.348 e. The van der Waals surface area contributed by atoms with Gasteiger partial charge in [0.1, 0.15) is 10.7 Å². The normalized spacial score (nSPS) is 23.3. The third kappa shape index (κ3) is 12.0. The first-order chi connectivity index (χ1) is 45.9. The number of rotatable bonds is 15. The van der Waals surface area contributed by atoms with Crippen LogP contribution in [0.5, 0.6) is 0 Å². The number of pyridine rings is 2. The van der Waals surface area contributed by atoms with Crippen LogP contribution in [0.15, 0.2) is 95.8 Å². The molecule has 0 aliphatic carbocycles. The molecule has 0 amide bonds. The second-order valence-electron chi connectivity index (χ2n) is 25.5. The molecule has 0 spiro atoms. The number of nitrogens with zero attached hydrogens (tertiary/aromatic N) is 18. The predicted octanol–water partition coefficient (Wildman–Crippen LogP) is 11.2. The van der Waals surface area contributed by atoms with Gasteiger partial charge in [0, 0.05) is 135 Å². The molecule has 24 nitrogen and oxygen atoms in total. The molecule has 12 aromatic rings. The maximum Gasteiger partial charge on any atom is 0.257 e. The summed E-state index contributed by atoms with van der Waals surface area (Å²) in [5, 5.41) is 29.2. The van der Waals surface area contributed by atoms with Crippen molar-refractivity contribution in [1.82, 2.24) is 94.7 Å². The van der Waals surface area contributed by atoms with Gasteiger partial charge >= 0.3 is 0 Å². The van der Waals surface area contributed by atoms with Crippen molar-refractivity contribution in [2.45, 2.75) is 152 Å². The minimum Gasteiger partial charge on any atom is -0.348 e. The SMILES string of the molecule is CCCN1[C@@H]2CC[C@H]1CC(N(C)c1nc3sc(-n4ccc(-c5cn[nH]c5)cc4=O)nc3s1)C2.CCN1[C@@H]2CC[C@H]1CC(N(C)c1nc3sc(-n4ccc(-c5cn[nH]c5)cc4=O)nc3s1)C2.CN(c1nc2sc(-c3cnc(-c4cn[nH]c4)cn3)nc2s1)C1C[C@H]2CC[C@@H](C1)N2. The highest BCUT2D eigenvalue weighted by molar-refractivity contribution is 7.30. The van der Waals surface area contributed by atoms with Crippen LogP contribution < -0.4 is 31.1 Å². The molecule has 486 valence electrons. The summed E-state index contributed by atoms with van der Waals surface area (Å²) in [6.45, 7) is 6.95. The van der Waals surface area contributed by atoms with E-state index in [9.17, 15) is 9.59 Å². The molecule has 6 fully saturated rings. The number of fused-ring (bicyclic) bond motifs is 9. The van der Waals surface area contributed by atoms with Crippen LogP contribution in [0.3, 0.4) is 0 Å². The Morgan fingerprint density at radius 1 is 0.468 bits per heavy atom. The molecular formula is C64H72N22O2S6. The van der Waals surface area contributed by atoms with Gasteiger partial charge in [0.2, 0.25) is 0 Å². The molecule has 4 N–H and O–H groups in total. The van der Waals surface area contributed by atoms with Gasteiger partial charge in [0.05, 0.1) is 36.7 Å². The summed E-state index contributed by atoms with van der Waals surface area (Å²) in [6.07, 6.45) is 34.0. The smallest absolute Gasteiger partial charge is 0.257 e. The second kappa shape index (κ2) is 25.9. The average Bonchev–Trinajstić information content (AvgIpc) is 1.64. The zero-order valence-corrected chi connectivity index (χ0v) is 57.6. The Morgan fingerprint density at radius 2 is 0.894 bits per heavy atom. The lowest BCUT2D eigenvalue weighted by atomic mass is 9.96. The summed E-state index contributed by atoms with van der Waals surface area (Å²) >= 11 is 9.44. The van der Waals surface area contributed by atoms with Crippen molar-refractivity contribution in [2.24, 2.45) is 0 Å². The van der Waals surface area contributed by atoms with E-state index in [1.807, 2.05) is 12.1 Å². The maximum atomic E-state index is 12.7. The summed E-state index contributed by atoms with van der Waals surface area (Å²) in [6, 6.07) is 12.9. The van der Waals surface area contributed by atoms with Crippen LogP contribution >= 0.6 is 68.0 Å². The van der Waals surface area contributed by atoms with Gasteiger partial charge in [-0.2, -0.15) is 15.3 Å². The van der Waals surface area contributed by atoms with Crippen molar-refractivity contribution in [1.29, 1.82) is 0 Å². The molecule has 12 aromatic heterocycles. The van der Waals surface area contributed by atoms with Crippen LogP contribution in [0.25, 0.3) is 83.5 Å². The van der Waals surface area contributed by atoms with Gasteiger partial charge < -0.3 is 20.0 Å². The molecule has 94 heavy (non-hydrogen) atoms. The molecule has 18 heterocycles. The van der Waals surface area contributed by atoms with E-state index in [1.165, 1.54) is 113 Å². The number of nitrogens with one attached hydrogen (secondary N) is 4. The highest BCUT2D eigenvalue weighted by atomic mass is 32.1. The molecule has 6 bridgehead atoms. The van der Waals surface area contributed by atoms with Crippen LogP contribution in [0, 0.1) is 0 Å². The third-order valence-corrected chi connectivity index (χ3v) is 26.4. The first-order valence-electron chi connectivity index (χ1n) is 32.5. The zero-order chi connectivity index (χ0) is 63.7. The van der Waals surface area contributed by atoms with Crippen molar-refractivity contribution in [3.05, 3.63) is 107 Å². The fourth-order valence-corrected chi connectivity index (χ4v) is 21.3. The molecule has 30 heteroatoms. The van der Waals surface area contributed by atoms with Gasteiger partial charge in [-0.3, -0.25) is 48.8 Å². The number of aromatic amines is 3. The van der Waals surface area contributed by atoms with Crippen LogP contribution in [-0.4, -0.2) is 178 Å². The number of anilines is 3. The Hall–Kier alpha value is -7.55. The van der Waals surface area contributed by atoms with Gasteiger partial charge in [0.25, 0.3) is 11.1 Å². The zero-order valence-electron chi connectivity index (χ0n) is 52.7. The van der Waals surface area contributed by atoms with Gasteiger partial charge in [-0.1, -0.05) is 81.9 Å². The number of hydrogen-bond acceptors (Lipinski definition) is 25. The Balaban J connectivity index is 0.000000112. The standard InChI is InChI=1S/C23H27N7OS2.C22H25N7OS2.C19H20N8S2/c1-3-7-29-16-4-5-17(29)11-18(10-16)28(2)22-26-20-21(32-22)27-23(33-20)30-8-6-14(9-19(30)31)15-12-24-25-13-15;1-3-28-15-4-5-16(28)10-17(9-15)27(2)21-25-19-20(31-21)26-22(32-19)29-7-6-13(8-18(29)30)14-11-23-24-12-14;1-27(13-4-11-2-3-12(5-13)24-11)19-26-18-17(29-19)25-16(28-18)15-9-20-14(8-21-15)10-6-22-23-7-10/h6,8-9,12-13,16-18H,3-5,7,10-11H2,1-2H3,(H,24,25);6-8,11-12,15-17H,3-5,9-10H2,1-2H3,(H,23,24);6-9,11-13,24H,2-5H2,1H3,(H,22,23)/t16-,17+,18?;15-,16+,17?;11-,12+,13?. The Morgan fingerprint density at radius 3 is 1.31 bits per heavy atom. The predicted molar refractivity (Wildman–Crippen MR) is 378 cm³/mol. The summed E-state index contributed by atoms with van der Waals surface area (Å²) < 4.78 is 3.18. The van der Waals surface area contributed by atoms with Crippen molar-refractivity contribution < 1.29 is 0 Å². The molecular weight excluding hydrogens is 1300 g/mol. The van der Waals surface area contributed by atoms with Crippen molar-refractivity contribution >= 4 is 112 Å². The summed E-state index contributed by atoms with van der Waals surface area (Å²) in [5.74, 6) is 0. The highest BCUT2D eigenvalue weighted by Crippen LogP contribution is 2.44. The average molecular weight is 1370 g/mol. The van der Waals surface area contributed by atoms with Crippen LogP contribution in [-0.2, 0) is 0 Å². The second-order valence-corrected chi connectivity index (χ2v) is 31.3. The fraction of sp³-hybridized carbons (Fsp3) is 0.453. The van der Waals surface area contributed by atoms with Gasteiger partial charge in [0.15, 0.2) is 54.6 Å². The van der Waals surface area contributed by atoms with E-state index in [-0.39, 0.29) is 11.1 Å². The van der Waals surface area contributed by atoms with Crippen molar-refractivity contribution in [3.8, 4) is 54.5 Å². The Bertz CT molecular complexity index is 4570. The van der Waals surface area contributed by atoms with Crippen LogP contribution in [0.4, 0.5) is 15.4 Å². The highest BCUT2D eigenvalue weighted by Gasteiger charge is 2.43. The molecule has 6 aliphatic heterocycles. The molecule has 6 aliphatic rings. The fourth-order valence-electron chi connectivity index (χ4n) is 15.1. The minimum atomic E-state index is -0.111. The molecule has 0 radical (unpaired) electrons. The molecule has 3 unspecified atom stereocenters. The minimum absolute atomic E-state index is 0.109.